The molecule has 1 aliphatic heterocycles. The lowest BCUT2D eigenvalue weighted by Gasteiger charge is -2.22. The molecule has 0 unspecified atom stereocenters. The van der Waals surface area contributed by atoms with Gasteiger partial charge in [-0.15, -0.1) is 0 Å². The number of aliphatic hydroxyl groups is 1. The number of ether oxygens (including phenoxy) is 1. The summed E-state index contributed by atoms with van der Waals surface area (Å²) in [5.74, 6) is -0.0440. The number of thiazole rings is 1. The lowest BCUT2D eigenvalue weighted by atomic mass is 10.1. The van der Waals surface area contributed by atoms with E-state index in [1.54, 1.807) is 24.3 Å². The van der Waals surface area contributed by atoms with Crippen LogP contribution in [0, 0.1) is 0 Å². The Morgan fingerprint density at radius 1 is 0.914 bits per heavy atom. The molecule has 2 N–H and O–H groups in total. The largest absolute Gasteiger partial charge is 0.416 e. The zero-order valence-electron chi connectivity index (χ0n) is 18.7. The summed E-state index contributed by atoms with van der Waals surface area (Å²) in [6, 6.07) is 27.4. The predicted molar refractivity (Wildman–Crippen MR) is 135 cm³/mol. The summed E-state index contributed by atoms with van der Waals surface area (Å²) in [6.07, 6.45) is -1.37. The first-order valence-electron chi connectivity index (χ1n) is 11.2. The number of aliphatic hydroxyl groups excluding tert-OH is 1. The van der Waals surface area contributed by atoms with E-state index in [1.807, 2.05) is 66.7 Å². The van der Waals surface area contributed by atoms with Gasteiger partial charge in [0.05, 0.1) is 23.2 Å². The van der Waals surface area contributed by atoms with E-state index in [0.29, 0.717) is 10.9 Å². The van der Waals surface area contributed by atoms with E-state index in [1.165, 1.54) is 16.2 Å². The highest BCUT2D eigenvalue weighted by molar-refractivity contribution is 7.19. The average Bonchev–Trinajstić information content (AvgIpc) is 3.49. The SMILES string of the molecule is O=C(Nc1nc(-c2ccccc2)c(-c2ccccc2)s1)[C@H]1C[C@@H](O)CN1C(=O)Oc1ccccc1. The van der Waals surface area contributed by atoms with E-state index in [0.717, 1.165) is 21.7 Å². The van der Waals surface area contributed by atoms with Crippen molar-refractivity contribution in [3.05, 3.63) is 91.0 Å². The van der Waals surface area contributed by atoms with Crippen molar-refractivity contribution in [2.75, 3.05) is 11.9 Å². The number of β-amino-alcohol motifs (C(OH)–C–C–N with tert-alkyl or cyclic N) is 1. The van der Waals surface area contributed by atoms with E-state index in [9.17, 15) is 14.7 Å². The second kappa shape index (κ2) is 10.1. The lowest BCUT2D eigenvalue weighted by molar-refractivity contribution is -0.119. The van der Waals surface area contributed by atoms with Crippen molar-refractivity contribution >= 4 is 28.5 Å². The molecule has 1 fully saturated rings. The first-order chi connectivity index (χ1) is 17.1. The highest BCUT2D eigenvalue weighted by atomic mass is 32.1. The molecule has 8 heteroatoms. The molecule has 176 valence electrons. The van der Waals surface area contributed by atoms with Crippen molar-refractivity contribution in [3.63, 3.8) is 0 Å². The van der Waals surface area contributed by atoms with Gasteiger partial charge in [-0.25, -0.2) is 9.78 Å². The van der Waals surface area contributed by atoms with Gasteiger partial charge in [0.1, 0.15) is 11.8 Å². The van der Waals surface area contributed by atoms with Crippen LogP contribution < -0.4 is 10.1 Å². The summed E-state index contributed by atoms with van der Waals surface area (Å²) in [7, 11) is 0. The zero-order valence-corrected chi connectivity index (χ0v) is 19.5. The van der Waals surface area contributed by atoms with Gasteiger partial charge in [0.2, 0.25) is 5.91 Å². The summed E-state index contributed by atoms with van der Waals surface area (Å²) in [6.45, 7) is 0.0200. The summed E-state index contributed by atoms with van der Waals surface area (Å²) >= 11 is 1.37. The summed E-state index contributed by atoms with van der Waals surface area (Å²) in [4.78, 5) is 32.9. The Hall–Kier alpha value is -4.01. The molecule has 35 heavy (non-hydrogen) atoms. The molecule has 7 nitrogen and oxygen atoms in total. The Kier molecular flexibility index (Phi) is 6.56. The molecule has 1 aliphatic rings. The highest BCUT2D eigenvalue weighted by Gasteiger charge is 2.40. The third kappa shape index (κ3) is 5.08. The smallest absolute Gasteiger partial charge is 0.410 e. The Morgan fingerprint density at radius 2 is 1.51 bits per heavy atom. The molecule has 2 amide bonds. The first-order valence-corrected chi connectivity index (χ1v) is 12.0. The van der Waals surface area contributed by atoms with Gasteiger partial charge in [-0.2, -0.15) is 0 Å². The molecular weight excluding hydrogens is 462 g/mol. The first kappa shape index (κ1) is 22.8. The summed E-state index contributed by atoms with van der Waals surface area (Å²) < 4.78 is 5.40. The Labute approximate surface area is 206 Å². The number of anilines is 1. The molecule has 0 bridgehead atoms. The normalized spacial score (nSPS) is 17.2. The van der Waals surface area contributed by atoms with Crippen LogP contribution in [0.1, 0.15) is 6.42 Å². The minimum Gasteiger partial charge on any atom is -0.410 e. The monoisotopic (exact) mass is 485 g/mol. The van der Waals surface area contributed by atoms with Crippen molar-refractivity contribution in [1.29, 1.82) is 0 Å². The number of hydrogen-bond acceptors (Lipinski definition) is 6. The fraction of sp³-hybridized carbons (Fsp3) is 0.148. The minimum atomic E-state index is -0.870. The Bertz CT molecular complexity index is 1260. The quantitative estimate of drug-likeness (QED) is 0.413. The molecule has 2 atom stereocenters. The van der Waals surface area contributed by atoms with E-state index in [-0.39, 0.29) is 13.0 Å². The molecule has 3 aromatic carbocycles. The third-order valence-corrected chi connectivity index (χ3v) is 6.72. The lowest BCUT2D eigenvalue weighted by Crippen LogP contribution is -2.44. The van der Waals surface area contributed by atoms with Crippen LogP contribution in [0.5, 0.6) is 5.75 Å². The number of rotatable bonds is 5. The second-order valence-electron chi connectivity index (χ2n) is 8.16. The van der Waals surface area contributed by atoms with Gasteiger partial charge in [-0.05, 0) is 17.7 Å². The van der Waals surface area contributed by atoms with Crippen LogP contribution in [0.25, 0.3) is 21.7 Å². The van der Waals surface area contributed by atoms with E-state index in [4.69, 9.17) is 9.72 Å². The summed E-state index contributed by atoms with van der Waals surface area (Å²) in [5.41, 5.74) is 2.70. The maximum Gasteiger partial charge on any atom is 0.416 e. The number of carbonyl (C=O) groups excluding carboxylic acids is 2. The molecule has 0 spiro atoms. The van der Waals surface area contributed by atoms with Crippen LogP contribution in [0.4, 0.5) is 9.93 Å². The molecule has 0 radical (unpaired) electrons. The van der Waals surface area contributed by atoms with Gasteiger partial charge in [0.15, 0.2) is 5.13 Å². The van der Waals surface area contributed by atoms with Gasteiger partial charge in [0.25, 0.3) is 0 Å². The number of nitrogens with zero attached hydrogens (tertiary/aromatic N) is 2. The van der Waals surface area contributed by atoms with Crippen LogP contribution in [0.15, 0.2) is 91.0 Å². The number of nitrogens with one attached hydrogen (secondary N) is 1. The van der Waals surface area contributed by atoms with Gasteiger partial charge in [-0.3, -0.25) is 9.69 Å². The van der Waals surface area contributed by atoms with E-state index in [2.05, 4.69) is 5.32 Å². The summed E-state index contributed by atoms with van der Waals surface area (Å²) in [5, 5.41) is 13.5. The minimum absolute atomic E-state index is 0.0200. The molecule has 0 saturated carbocycles. The number of aromatic nitrogens is 1. The van der Waals surface area contributed by atoms with Crippen molar-refractivity contribution in [1.82, 2.24) is 9.88 Å². The fourth-order valence-electron chi connectivity index (χ4n) is 4.05. The second-order valence-corrected chi connectivity index (χ2v) is 9.16. The van der Waals surface area contributed by atoms with Crippen LogP contribution in [-0.2, 0) is 4.79 Å². The number of para-hydroxylation sites is 1. The van der Waals surface area contributed by atoms with Crippen molar-refractivity contribution in [2.45, 2.75) is 18.6 Å². The molecule has 5 rings (SSSR count). The van der Waals surface area contributed by atoms with Crippen LogP contribution in [0.2, 0.25) is 0 Å². The maximum atomic E-state index is 13.2. The molecule has 1 saturated heterocycles. The van der Waals surface area contributed by atoms with Crippen molar-refractivity contribution in [2.24, 2.45) is 0 Å². The predicted octanol–water partition coefficient (Wildman–Crippen LogP) is 5.05. The zero-order chi connectivity index (χ0) is 24.2. The Balaban J connectivity index is 1.39. The number of likely N-dealkylation sites (tertiary alicyclic amines) is 1. The standard InChI is InChI=1S/C27H23N3O4S/c31-20-16-22(30(17-20)27(33)34-21-14-8-3-9-15-21)25(32)29-26-28-23(18-10-4-1-5-11-18)24(35-26)19-12-6-2-7-13-19/h1-15,20,22,31H,16-17H2,(H,28,29,32)/t20-,22-/m1/s1. The van der Waals surface area contributed by atoms with Gasteiger partial charge in [-0.1, -0.05) is 90.2 Å². The maximum absolute atomic E-state index is 13.2. The van der Waals surface area contributed by atoms with Crippen LogP contribution in [-0.4, -0.2) is 45.7 Å². The van der Waals surface area contributed by atoms with Gasteiger partial charge in [0, 0.05) is 12.0 Å². The molecule has 2 heterocycles. The molecule has 4 aromatic rings. The molecular formula is C27H23N3O4S. The number of amides is 2. The van der Waals surface area contributed by atoms with Crippen molar-refractivity contribution in [3.8, 4) is 27.4 Å². The van der Waals surface area contributed by atoms with E-state index >= 15 is 0 Å². The Morgan fingerprint density at radius 3 is 2.17 bits per heavy atom. The highest BCUT2D eigenvalue weighted by Crippen LogP contribution is 2.39. The number of hydrogen-bond donors (Lipinski definition) is 2. The van der Waals surface area contributed by atoms with E-state index < -0.39 is 24.1 Å². The fourth-order valence-corrected chi connectivity index (χ4v) is 5.05. The number of benzene rings is 3. The van der Waals surface area contributed by atoms with Gasteiger partial charge >= 0.3 is 6.09 Å². The topological polar surface area (TPSA) is 91.8 Å². The molecule has 0 aliphatic carbocycles. The average molecular weight is 486 g/mol. The van der Waals surface area contributed by atoms with Crippen LogP contribution >= 0.6 is 11.3 Å². The van der Waals surface area contributed by atoms with Crippen molar-refractivity contribution < 1.29 is 19.4 Å². The van der Waals surface area contributed by atoms with Crippen LogP contribution in [0.3, 0.4) is 0 Å². The van der Waals surface area contributed by atoms with Gasteiger partial charge < -0.3 is 15.2 Å². The third-order valence-electron chi connectivity index (χ3n) is 5.71. The number of carbonyl (C=O) groups is 2. The molecule has 1 aromatic heterocycles.